The number of aliphatic hydroxyl groups is 1. The Hall–Kier alpha value is -1.94. The van der Waals surface area contributed by atoms with Gasteiger partial charge >= 0.3 is 39.5 Å². The zero-order valence-electron chi connectivity index (χ0n) is 61.1. The molecule has 0 radical (unpaired) electrons. The van der Waals surface area contributed by atoms with Crippen LogP contribution < -0.4 is 0 Å². The molecule has 3 N–H and O–H groups in total. The highest BCUT2D eigenvalue weighted by molar-refractivity contribution is 7.47. The highest BCUT2D eigenvalue weighted by atomic mass is 31.2. The molecule has 19 heteroatoms. The Labute approximate surface area is 575 Å². The standard InChI is InChI=1S/C75H146O17P2/c1-6-9-12-15-18-21-23-25-26-27-28-29-30-31-33-35-41-46-51-56-61-75(80)92-71(65-86-73(78)59-54-49-44-39-37-36-38-42-47-52-57-68(4)5)67-90-94(83,84)88-63-69(76)62-87-93(81,82)89-66-70(64-85-72(77)58-53-48-43-20-17-14-11-8-3)91-74(79)60-55-50-45-40-34-32-24-22-19-16-13-10-7-2/h68-71,76H,6-67H2,1-5H3,(H,81,82)(H,83,84)/t69-,70+,71+/m0/s1. The lowest BCUT2D eigenvalue weighted by atomic mass is 10.0. The van der Waals surface area contributed by atoms with E-state index in [0.29, 0.717) is 25.7 Å². The van der Waals surface area contributed by atoms with Crippen LogP contribution in [-0.2, 0) is 65.4 Å². The molecule has 0 aromatic heterocycles. The van der Waals surface area contributed by atoms with Gasteiger partial charge in [0.2, 0.25) is 0 Å². The minimum Gasteiger partial charge on any atom is -0.462 e. The van der Waals surface area contributed by atoms with Crippen molar-refractivity contribution in [2.45, 2.75) is 412 Å². The first kappa shape index (κ1) is 92.1. The first-order chi connectivity index (χ1) is 45.5. The van der Waals surface area contributed by atoms with Gasteiger partial charge in [0.05, 0.1) is 26.4 Å². The lowest BCUT2D eigenvalue weighted by Crippen LogP contribution is -2.30. The number of phosphoric acid groups is 2. The maximum absolute atomic E-state index is 13.1. The number of hydrogen-bond acceptors (Lipinski definition) is 15. The van der Waals surface area contributed by atoms with Gasteiger partial charge in [-0.15, -0.1) is 0 Å². The van der Waals surface area contributed by atoms with Crippen molar-refractivity contribution in [1.29, 1.82) is 0 Å². The minimum atomic E-state index is -4.95. The van der Waals surface area contributed by atoms with Gasteiger partial charge in [0.25, 0.3) is 0 Å². The van der Waals surface area contributed by atoms with Crippen LogP contribution in [0.4, 0.5) is 0 Å². The molecule has 0 fully saturated rings. The predicted molar refractivity (Wildman–Crippen MR) is 382 cm³/mol. The van der Waals surface area contributed by atoms with E-state index in [9.17, 15) is 43.2 Å². The maximum Gasteiger partial charge on any atom is 0.472 e. The SMILES string of the molecule is CCCCCCCCCCCCCCCCCCCCCCC(=O)O[C@H](COC(=O)CCCCCCCCCCCCC(C)C)COP(=O)(O)OC[C@@H](O)COP(=O)(O)OC[C@@H](COC(=O)CCCCCCCCCC)OC(=O)CCCCCCCCCCCCCCC. The molecule has 94 heavy (non-hydrogen) atoms. The third kappa shape index (κ3) is 68.6. The van der Waals surface area contributed by atoms with Crippen LogP contribution in [0.25, 0.3) is 0 Å². The van der Waals surface area contributed by atoms with Gasteiger partial charge in [-0.1, -0.05) is 343 Å². The van der Waals surface area contributed by atoms with Crippen LogP contribution in [0.5, 0.6) is 0 Å². The molecule has 0 aliphatic carbocycles. The normalized spacial score (nSPS) is 14.0. The van der Waals surface area contributed by atoms with Crippen molar-refractivity contribution >= 4 is 39.5 Å². The fourth-order valence-corrected chi connectivity index (χ4v) is 13.1. The Morgan fingerprint density at radius 1 is 0.287 bits per heavy atom. The Bertz CT molecular complexity index is 1810. The third-order valence-electron chi connectivity index (χ3n) is 17.5. The summed E-state index contributed by atoms with van der Waals surface area (Å²) in [4.78, 5) is 72.7. The molecule has 0 saturated heterocycles. The zero-order chi connectivity index (χ0) is 69.1. The average Bonchev–Trinajstić information content (AvgIpc) is 1.99. The summed E-state index contributed by atoms with van der Waals surface area (Å²) >= 11 is 0. The van der Waals surface area contributed by atoms with Gasteiger partial charge in [-0.2, -0.15) is 0 Å². The van der Waals surface area contributed by atoms with E-state index in [2.05, 4.69) is 34.6 Å². The summed E-state index contributed by atoms with van der Waals surface area (Å²) in [6.45, 7) is 7.25. The lowest BCUT2D eigenvalue weighted by molar-refractivity contribution is -0.161. The second-order valence-corrected chi connectivity index (χ2v) is 30.4. The van der Waals surface area contributed by atoms with Gasteiger partial charge in [-0.3, -0.25) is 37.3 Å². The number of esters is 4. The monoisotopic (exact) mass is 1380 g/mol. The summed E-state index contributed by atoms with van der Waals surface area (Å²) in [5.74, 6) is -1.36. The molecule has 0 saturated carbocycles. The van der Waals surface area contributed by atoms with E-state index >= 15 is 0 Å². The Morgan fingerprint density at radius 3 is 0.723 bits per heavy atom. The van der Waals surface area contributed by atoms with Crippen LogP contribution in [0.1, 0.15) is 394 Å². The van der Waals surface area contributed by atoms with Gasteiger partial charge in [0, 0.05) is 25.7 Å². The number of carbonyl (C=O) groups excluding carboxylic acids is 4. The molecule has 0 rings (SSSR count). The summed E-state index contributed by atoms with van der Waals surface area (Å²) in [6.07, 6.45) is 56.9. The predicted octanol–water partition coefficient (Wildman–Crippen LogP) is 22.1. The van der Waals surface area contributed by atoms with E-state index in [1.54, 1.807) is 0 Å². The van der Waals surface area contributed by atoms with E-state index in [1.807, 2.05) is 0 Å². The smallest absolute Gasteiger partial charge is 0.462 e. The molecule has 0 heterocycles. The summed E-state index contributed by atoms with van der Waals surface area (Å²) in [5.41, 5.74) is 0. The van der Waals surface area contributed by atoms with Crippen molar-refractivity contribution in [3.63, 3.8) is 0 Å². The van der Waals surface area contributed by atoms with E-state index < -0.39 is 97.5 Å². The number of phosphoric ester groups is 2. The molecular formula is C75H146O17P2. The highest BCUT2D eigenvalue weighted by Crippen LogP contribution is 2.45. The topological polar surface area (TPSA) is 237 Å². The molecule has 5 atom stereocenters. The van der Waals surface area contributed by atoms with Gasteiger partial charge in [-0.05, 0) is 31.6 Å². The quantitative estimate of drug-likeness (QED) is 0.0222. The van der Waals surface area contributed by atoms with E-state index in [4.69, 9.17) is 37.0 Å². The summed E-state index contributed by atoms with van der Waals surface area (Å²) in [7, 11) is -9.90. The number of carbonyl (C=O) groups is 4. The molecule has 0 aliphatic rings. The van der Waals surface area contributed by atoms with E-state index in [-0.39, 0.29) is 25.7 Å². The van der Waals surface area contributed by atoms with Crippen molar-refractivity contribution < 1.29 is 80.2 Å². The maximum atomic E-state index is 13.1. The van der Waals surface area contributed by atoms with Crippen molar-refractivity contribution in [3.8, 4) is 0 Å². The molecule has 0 aliphatic heterocycles. The highest BCUT2D eigenvalue weighted by Gasteiger charge is 2.30. The van der Waals surface area contributed by atoms with Crippen LogP contribution >= 0.6 is 15.6 Å². The second kappa shape index (κ2) is 68.2. The van der Waals surface area contributed by atoms with Crippen molar-refractivity contribution in [1.82, 2.24) is 0 Å². The number of hydrogen-bond donors (Lipinski definition) is 3. The Balaban J connectivity index is 5.18. The average molecular weight is 1380 g/mol. The summed E-state index contributed by atoms with van der Waals surface area (Å²) in [6, 6.07) is 0. The molecule has 0 aromatic carbocycles. The second-order valence-electron chi connectivity index (χ2n) is 27.5. The lowest BCUT2D eigenvalue weighted by Gasteiger charge is -2.21. The van der Waals surface area contributed by atoms with Crippen LogP contribution in [0.2, 0.25) is 0 Å². The molecule has 0 aromatic rings. The summed E-state index contributed by atoms with van der Waals surface area (Å²) < 4.78 is 68.4. The Kier molecular flexibility index (Phi) is 66.8. The van der Waals surface area contributed by atoms with E-state index in [0.717, 1.165) is 102 Å². The zero-order valence-corrected chi connectivity index (χ0v) is 62.9. The Morgan fingerprint density at radius 2 is 0.489 bits per heavy atom. The molecule has 0 amide bonds. The van der Waals surface area contributed by atoms with Gasteiger partial charge in [0.15, 0.2) is 12.2 Å². The molecule has 2 unspecified atom stereocenters. The van der Waals surface area contributed by atoms with Crippen molar-refractivity contribution in [3.05, 3.63) is 0 Å². The van der Waals surface area contributed by atoms with Gasteiger partial charge in [0.1, 0.15) is 19.3 Å². The number of rotatable bonds is 75. The number of unbranched alkanes of at least 4 members (excludes halogenated alkanes) is 47. The fourth-order valence-electron chi connectivity index (χ4n) is 11.5. The molecule has 0 spiro atoms. The molecule has 558 valence electrons. The van der Waals surface area contributed by atoms with Crippen LogP contribution in [0.3, 0.4) is 0 Å². The van der Waals surface area contributed by atoms with Gasteiger partial charge < -0.3 is 33.8 Å². The van der Waals surface area contributed by atoms with Crippen molar-refractivity contribution in [2.24, 2.45) is 5.92 Å². The van der Waals surface area contributed by atoms with E-state index in [1.165, 1.54) is 212 Å². The van der Waals surface area contributed by atoms with Crippen LogP contribution in [-0.4, -0.2) is 96.7 Å². The first-order valence-electron chi connectivity index (χ1n) is 39.1. The molecule has 0 bridgehead atoms. The molecule has 17 nitrogen and oxygen atoms in total. The summed E-state index contributed by atoms with van der Waals surface area (Å²) in [5, 5.41) is 10.6. The van der Waals surface area contributed by atoms with Crippen LogP contribution in [0.15, 0.2) is 0 Å². The molecular weight excluding hydrogens is 1230 g/mol. The van der Waals surface area contributed by atoms with Gasteiger partial charge in [-0.25, -0.2) is 9.13 Å². The first-order valence-corrected chi connectivity index (χ1v) is 42.1. The fraction of sp³-hybridized carbons (Fsp3) is 0.947. The minimum absolute atomic E-state index is 0.108. The largest absolute Gasteiger partial charge is 0.472 e. The number of ether oxygens (including phenoxy) is 4. The third-order valence-corrected chi connectivity index (χ3v) is 19.4. The van der Waals surface area contributed by atoms with Crippen LogP contribution in [0, 0.1) is 5.92 Å². The number of aliphatic hydroxyl groups excluding tert-OH is 1. The van der Waals surface area contributed by atoms with Crippen molar-refractivity contribution in [2.75, 3.05) is 39.6 Å².